The van der Waals surface area contributed by atoms with E-state index in [0.29, 0.717) is 12.1 Å². The van der Waals surface area contributed by atoms with Gasteiger partial charge in [-0.25, -0.2) is 0 Å². The first kappa shape index (κ1) is 19.5. The van der Waals surface area contributed by atoms with E-state index in [9.17, 15) is 4.79 Å². The number of rotatable bonds is 6. The van der Waals surface area contributed by atoms with Crippen LogP contribution in [0.15, 0.2) is 53.7 Å². The van der Waals surface area contributed by atoms with Crippen LogP contribution in [0.25, 0.3) is 10.9 Å². The molecule has 0 fully saturated rings. The average molecular weight is 377 g/mol. The van der Waals surface area contributed by atoms with E-state index in [1.54, 1.807) is 20.2 Å². The Hall–Kier alpha value is -3.28. The number of hydrogen-bond acceptors (Lipinski definition) is 2. The quantitative estimate of drug-likeness (QED) is 0.394. The summed E-state index contributed by atoms with van der Waals surface area (Å²) >= 11 is 0. The molecule has 6 nitrogen and oxygen atoms in total. The minimum Gasteiger partial charge on any atom is -0.361 e. The molecule has 0 radical (unpaired) electrons. The van der Waals surface area contributed by atoms with Crippen LogP contribution in [0.2, 0.25) is 0 Å². The number of aromatic nitrogens is 1. The molecule has 0 spiro atoms. The van der Waals surface area contributed by atoms with Gasteiger partial charge in [0.15, 0.2) is 5.96 Å². The number of nitrogens with one attached hydrogen (secondary N) is 4. The Balaban J connectivity index is 1.53. The Bertz CT molecular complexity index is 990. The number of aliphatic imine (C=N–C) groups is 1. The molecule has 1 amide bonds. The second-order valence-corrected chi connectivity index (χ2v) is 6.74. The Kier molecular flexibility index (Phi) is 6.32. The van der Waals surface area contributed by atoms with E-state index in [-0.39, 0.29) is 5.91 Å². The van der Waals surface area contributed by atoms with E-state index in [2.05, 4.69) is 57.2 Å². The topological polar surface area (TPSA) is 81.3 Å². The first-order valence-corrected chi connectivity index (χ1v) is 9.43. The summed E-state index contributed by atoms with van der Waals surface area (Å²) in [6.07, 6.45) is 2.97. The molecule has 0 unspecified atom stereocenters. The molecule has 3 aromatic rings. The van der Waals surface area contributed by atoms with Gasteiger partial charge >= 0.3 is 0 Å². The zero-order chi connectivity index (χ0) is 19.9. The second-order valence-electron chi connectivity index (χ2n) is 6.74. The minimum absolute atomic E-state index is 0.0849. The van der Waals surface area contributed by atoms with Gasteiger partial charge in [-0.2, -0.15) is 0 Å². The maximum Gasteiger partial charge on any atom is 0.251 e. The molecule has 0 atom stereocenters. The lowest BCUT2D eigenvalue weighted by atomic mass is 10.1. The van der Waals surface area contributed by atoms with Crippen molar-refractivity contribution in [3.05, 3.63) is 70.9 Å². The van der Waals surface area contributed by atoms with E-state index in [1.165, 1.54) is 22.0 Å². The molecule has 146 valence electrons. The van der Waals surface area contributed by atoms with E-state index in [0.717, 1.165) is 24.5 Å². The number of benzene rings is 2. The largest absolute Gasteiger partial charge is 0.361 e. The van der Waals surface area contributed by atoms with Crippen molar-refractivity contribution in [1.29, 1.82) is 0 Å². The molecule has 4 N–H and O–H groups in total. The molecular formula is C22H27N5O. The van der Waals surface area contributed by atoms with E-state index < -0.39 is 0 Å². The van der Waals surface area contributed by atoms with Crippen LogP contribution < -0.4 is 16.0 Å². The Morgan fingerprint density at radius 1 is 1.14 bits per heavy atom. The van der Waals surface area contributed by atoms with Crippen molar-refractivity contribution in [3.63, 3.8) is 0 Å². The summed E-state index contributed by atoms with van der Waals surface area (Å²) < 4.78 is 0. The van der Waals surface area contributed by atoms with Crippen molar-refractivity contribution in [2.45, 2.75) is 19.9 Å². The first-order valence-electron chi connectivity index (χ1n) is 9.43. The summed E-state index contributed by atoms with van der Waals surface area (Å²) in [7, 11) is 3.39. The van der Waals surface area contributed by atoms with E-state index in [1.807, 2.05) is 18.2 Å². The standard InChI is InChI=1S/C22H27N5O/c1-15-7-8-19-18(14-26-20(19)11-15)9-10-25-22(24-3)27-13-16-5-4-6-17(12-16)21(28)23-2/h4-8,11-12,14,26H,9-10,13H2,1-3H3,(H,23,28)(H2,24,25,27). The molecular weight excluding hydrogens is 350 g/mol. The highest BCUT2D eigenvalue weighted by atomic mass is 16.1. The van der Waals surface area contributed by atoms with Gasteiger partial charge < -0.3 is 20.9 Å². The fourth-order valence-electron chi connectivity index (χ4n) is 3.20. The summed E-state index contributed by atoms with van der Waals surface area (Å²) in [5, 5.41) is 10.6. The number of nitrogens with zero attached hydrogens (tertiary/aromatic N) is 1. The molecule has 0 saturated carbocycles. The fraction of sp³-hybridized carbons (Fsp3) is 0.273. The monoisotopic (exact) mass is 377 g/mol. The zero-order valence-corrected chi connectivity index (χ0v) is 16.6. The van der Waals surface area contributed by atoms with Crippen LogP contribution in [-0.4, -0.2) is 37.5 Å². The number of aromatic amines is 1. The molecule has 2 aromatic carbocycles. The Morgan fingerprint density at radius 2 is 2.00 bits per heavy atom. The third-order valence-electron chi connectivity index (χ3n) is 4.71. The van der Waals surface area contributed by atoms with Gasteiger partial charge in [0, 0.05) is 49.8 Å². The predicted molar refractivity (Wildman–Crippen MR) is 115 cm³/mol. The lowest BCUT2D eigenvalue weighted by Gasteiger charge is -2.12. The highest BCUT2D eigenvalue weighted by Crippen LogP contribution is 2.19. The van der Waals surface area contributed by atoms with Crippen LogP contribution in [0.1, 0.15) is 27.0 Å². The maximum absolute atomic E-state index is 11.8. The first-order chi connectivity index (χ1) is 13.6. The number of hydrogen-bond donors (Lipinski definition) is 4. The number of carbonyl (C=O) groups is 1. The van der Waals surface area contributed by atoms with Gasteiger partial charge in [-0.3, -0.25) is 9.79 Å². The van der Waals surface area contributed by atoms with Crippen molar-refractivity contribution >= 4 is 22.8 Å². The fourth-order valence-corrected chi connectivity index (χ4v) is 3.20. The maximum atomic E-state index is 11.8. The van der Waals surface area contributed by atoms with Crippen molar-refractivity contribution < 1.29 is 4.79 Å². The van der Waals surface area contributed by atoms with Crippen LogP contribution in [0.5, 0.6) is 0 Å². The highest BCUT2D eigenvalue weighted by Gasteiger charge is 2.06. The number of amides is 1. The van der Waals surface area contributed by atoms with Gasteiger partial charge in [0.2, 0.25) is 0 Å². The molecule has 0 aliphatic rings. The predicted octanol–water partition coefficient (Wildman–Crippen LogP) is 2.74. The summed E-state index contributed by atoms with van der Waals surface area (Å²) in [6, 6.07) is 14.0. The third-order valence-corrected chi connectivity index (χ3v) is 4.71. The number of H-pyrrole nitrogens is 1. The molecule has 3 rings (SSSR count). The molecule has 28 heavy (non-hydrogen) atoms. The lowest BCUT2D eigenvalue weighted by Crippen LogP contribution is -2.37. The van der Waals surface area contributed by atoms with Gasteiger partial charge in [-0.1, -0.05) is 24.3 Å². The lowest BCUT2D eigenvalue weighted by molar-refractivity contribution is 0.0963. The van der Waals surface area contributed by atoms with Crippen molar-refractivity contribution in [1.82, 2.24) is 20.9 Å². The molecule has 6 heteroatoms. The van der Waals surface area contributed by atoms with Gasteiger partial charge in [0.25, 0.3) is 5.91 Å². The molecule has 0 aliphatic heterocycles. The number of carbonyl (C=O) groups excluding carboxylic acids is 1. The van der Waals surface area contributed by atoms with Crippen molar-refractivity contribution in [2.24, 2.45) is 4.99 Å². The van der Waals surface area contributed by atoms with Gasteiger partial charge in [-0.15, -0.1) is 0 Å². The van der Waals surface area contributed by atoms with E-state index in [4.69, 9.17) is 0 Å². The third kappa shape index (κ3) is 4.71. The van der Waals surface area contributed by atoms with Crippen LogP contribution >= 0.6 is 0 Å². The average Bonchev–Trinajstić information content (AvgIpc) is 3.12. The summed E-state index contributed by atoms with van der Waals surface area (Å²) in [5.74, 6) is 0.652. The van der Waals surface area contributed by atoms with Gasteiger partial charge in [0.05, 0.1) is 0 Å². The van der Waals surface area contributed by atoms with E-state index >= 15 is 0 Å². The molecule has 1 heterocycles. The zero-order valence-electron chi connectivity index (χ0n) is 16.6. The smallest absolute Gasteiger partial charge is 0.251 e. The molecule has 0 saturated heterocycles. The summed E-state index contributed by atoms with van der Waals surface area (Å²) in [4.78, 5) is 19.4. The Morgan fingerprint density at radius 3 is 2.79 bits per heavy atom. The normalized spacial score (nSPS) is 11.5. The van der Waals surface area contributed by atoms with Crippen LogP contribution in [0.3, 0.4) is 0 Å². The second kappa shape index (κ2) is 9.08. The summed E-state index contributed by atoms with van der Waals surface area (Å²) in [6.45, 7) is 3.47. The molecule has 0 aliphatic carbocycles. The Labute approximate surface area is 165 Å². The molecule has 1 aromatic heterocycles. The van der Waals surface area contributed by atoms with Crippen molar-refractivity contribution in [3.8, 4) is 0 Å². The van der Waals surface area contributed by atoms with Crippen LogP contribution in [0, 0.1) is 6.92 Å². The minimum atomic E-state index is -0.0849. The van der Waals surface area contributed by atoms with Gasteiger partial charge in [0.1, 0.15) is 0 Å². The van der Waals surface area contributed by atoms with Crippen LogP contribution in [0.4, 0.5) is 0 Å². The highest BCUT2D eigenvalue weighted by molar-refractivity contribution is 5.94. The SMILES string of the molecule is CN=C(NCCc1c[nH]c2cc(C)ccc12)NCc1cccc(C(=O)NC)c1. The number of aryl methyl sites for hydroxylation is 1. The van der Waals surface area contributed by atoms with Gasteiger partial charge in [-0.05, 0) is 48.2 Å². The summed E-state index contributed by atoms with van der Waals surface area (Å²) in [5.41, 5.74) is 5.39. The molecule has 0 bridgehead atoms. The van der Waals surface area contributed by atoms with Crippen LogP contribution in [-0.2, 0) is 13.0 Å². The number of fused-ring (bicyclic) bond motifs is 1. The van der Waals surface area contributed by atoms with Crippen molar-refractivity contribution in [2.75, 3.05) is 20.6 Å². The number of guanidine groups is 1.